The molecular weight excluding hydrogens is 668 g/mol. The summed E-state index contributed by atoms with van der Waals surface area (Å²) < 4.78 is 27.0. The maximum Gasteiger partial charge on any atom is 0.220 e. The van der Waals surface area contributed by atoms with E-state index in [1.54, 1.807) is 25.4 Å². The standard InChI is InChI=1S/C37H38Cl2FN5O4/c1-48-31-13-22(12-29(40)28(31)18-45-19-37(20-45)14-24(46)15-37)35-34(39)26(10-11-42-35)25-4-3-5-27(33(25)38)30-8-6-21(36(44-30)49-2)16-41-17-23-7-9-32(47)43-23/h3-6,8,10-13,23-24,41,46H,7,9,14-20H2,1-2H3,(H,43,47). The Hall–Kier alpha value is -3.80. The van der Waals surface area contributed by atoms with Gasteiger partial charge >= 0.3 is 0 Å². The van der Waals surface area contributed by atoms with Crippen LogP contribution in [0.2, 0.25) is 10.0 Å². The molecule has 0 bridgehead atoms. The number of carbonyl (C=O) groups excluding carboxylic acids is 1. The van der Waals surface area contributed by atoms with E-state index in [-0.39, 0.29) is 23.5 Å². The van der Waals surface area contributed by atoms with Crippen LogP contribution >= 0.6 is 23.2 Å². The quantitative estimate of drug-likeness (QED) is 0.168. The molecule has 9 nitrogen and oxygen atoms in total. The van der Waals surface area contributed by atoms with Gasteiger partial charge in [-0.2, -0.15) is 0 Å². The van der Waals surface area contributed by atoms with Gasteiger partial charge in [0.15, 0.2) is 0 Å². The van der Waals surface area contributed by atoms with Crippen molar-refractivity contribution in [1.82, 2.24) is 25.5 Å². The van der Waals surface area contributed by atoms with E-state index in [1.165, 1.54) is 13.2 Å². The van der Waals surface area contributed by atoms with Gasteiger partial charge in [-0.25, -0.2) is 9.37 Å². The van der Waals surface area contributed by atoms with E-state index in [1.807, 2.05) is 30.3 Å². The van der Waals surface area contributed by atoms with Crippen LogP contribution in [0, 0.1) is 11.2 Å². The molecule has 3 fully saturated rings. The maximum absolute atomic E-state index is 15.7. The molecule has 49 heavy (non-hydrogen) atoms. The first-order valence-electron chi connectivity index (χ1n) is 16.4. The molecule has 1 saturated carbocycles. The van der Waals surface area contributed by atoms with Crippen molar-refractivity contribution in [3.63, 3.8) is 0 Å². The van der Waals surface area contributed by atoms with Crippen LogP contribution in [-0.4, -0.2) is 71.9 Å². The predicted molar refractivity (Wildman–Crippen MR) is 187 cm³/mol. The molecule has 1 aliphatic carbocycles. The first kappa shape index (κ1) is 33.7. The zero-order chi connectivity index (χ0) is 34.3. The first-order valence-corrected chi connectivity index (χ1v) is 17.2. The monoisotopic (exact) mass is 705 g/mol. The SMILES string of the molecule is COc1cc(-c2nccc(-c3cccc(-c4ccc(CNCC5CCC(=O)N5)c(OC)n4)c3Cl)c2Cl)cc(F)c1CN1CC2(CC(O)C2)C1. The van der Waals surface area contributed by atoms with Crippen LogP contribution in [0.3, 0.4) is 0 Å². The second kappa shape index (κ2) is 13.8. The molecule has 3 N–H and O–H groups in total. The number of aliphatic hydroxyl groups excluding tert-OH is 1. The Balaban J connectivity index is 1.12. The van der Waals surface area contributed by atoms with Gasteiger partial charge in [0.05, 0.1) is 41.8 Å². The molecule has 1 amide bonds. The van der Waals surface area contributed by atoms with Gasteiger partial charge in [0.1, 0.15) is 11.6 Å². The average Bonchev–Trinajstić information content (AvgIpc) is 3.48. The van der Waals surface area contributed by atoms with Gasteiger partial charge in [-0.1, -0.05) is 47.5 Å². The third-order valence-corrected chi connectivity index (χ3v) is 10.7. The van der Waals surface area contributed by atoms with Crippen molar-refractivity contribution in [3.05, 3.63) is 81.7 Å². The number of aliphatic hydroxyl groups is 1. The number of pyridine rings is 2. The average molecular weight is 707 g/mol. The van der Waals surface area contributed by atoms with Crippen molar-refractivity contribution in [2.24, 2.45) is 5.41 Å². The molecule has 4 aromatic rings. The molecular formula is C37H38Cl2FN5O4. The van der Waals surface area contributed by atoms with Crippen LogP contribution in [-0.2, 0) is 17.9 Å². The summed E-state index contributed by atoms with van der Waals surface area (Å²) in [5, 5.41) is 16.8. The van der Waals surface area contributed by atoms with Crippen LogP contribution in [0.5, 0.6) is 11.6 Å². The van der Waals surface area contributed by atoms with Crippen molar-refractivity contribution >= 4 is 29.1 Å². The van der Waals surface area contributed by atoms with E-state index < -0.39 is 5.82 Å². The number of hydrogen-bond donors (Lipinski definition) is 3. The van der Waals surface area contributed by atoms with Crippen molar-refractivity contribution < 1.29 is 23.8 Å². The molecule has 256 valence electrons. The Bertz CT molecular complexity index is 1900. The molecule has 2 aromatic heterocycles. The highest BCUT2D eigenvalue weighted by Gasteiger charge is 2.51. The fourth-order valence-corrected chi connectivity index (χ4v) is 8.10. The predicted octanol–water partition coefficient (Wildman–Crippen LogP) is 6.27. The third kappa shape index (κ3) is 6.72. The maximum atomic E-state index is 15.7. The molecule has 1 spiro atoms. The summed E-state index contributed by atoms with van der Waals surface area (Å²) in [4.78, 5) is 23.0. The molecule has 2 aromatic carbocycles. The smallest absolute Gasteiger partial charge is 0.220 e. The van der Waals surface area contributed by atoms with E-state index in [9.17, 15) is 9.90 Å². The van der Waals surface area contributed by atoms with Crippen molar-refractivity contribution in [1.29, 1.82) is 0 Å². The fraction of sp³-hybridized carbons (Fsp3) is 0.378. The number of aromatic nitrogens is 2. The lowest BCUT2D eigenvalue weighted by atomic mass is 9.62. The highest BCUT2D eigenvalue weighted by Crippen LogP contribution is 2.49. The highest BCUT2D eigenvalue weighted by molar-refractivity contribution is 6.39. The third-order valence-electron chi connectivity index (χ3n) is 9.86. The number of nitrogens with zero attached hydrogens (tertiary/aromatic N) is 3. The lowest BCUT2D eigenvalue weighted by molar-refractivity contribution is -0.131. The Morgan fingerprint density at radius 1 is 1.06 bits per heavy atom. The Labute approximate surface area is 294 Å². The summed E-state index contributed by atoms with van der Waals surface area (Å²) >= 11 is 14.1. The normalized spacial score (nSPS) is 18.7. The summed E-state index contributed by atoms with van der Waals surface area (Å²) in [6.07, 6.45) is 4.43. The Morgan fingerprint density at radius 2 is 1.84 bits per heavy atom. The number of nitrogens with one attached hydrogen (secondary N) is 2. The second-order valence-corrected chi connectivity index (χ2v) is 14.1. The van der Waals surface area contributed by atoms with Crippen molar-refractivity contribution in [3.8, 4) is 45.3 Å². The lowest BCUT2D eigenvalue weighted by Crippen LogP contribution is -2.63. The molecule has 1 atom stereocenters. The van der Waals surface area contributed by atoms with Crippen molar-refractivity contribution in [2.45, 2.75) is 50.9 Å². The van der Waals surface area contributed by atoms with Gasteiger partial charge in [-0.3, -0.25) is 14.7 Å². The summed E-state index contributed by atoms with van der Waals surface area (Å²) in [6, 6.07) is 14.6. The second-order valence-electron chi connectivity index (χ2n) is 13.3. The number of halogens is 3. The number of methoxy groups -OCH3 is 2. The van der Waals surface area contributed by atoms with Crippen LogP contribution < -0.4 is 20.1 Å². The topological polar surface area (TPSA) is 109 Å². The summed E-state index contributed by atoms with van der Waals surface area (Å²) in [5.41, 5.74) is 5.08. The zero-order valence-corrected chi connectivity index (χ0v) is 28.9. The molecule has 2 saturated heterocycles. The number of likely N-dealkylation sites (tertiary alicyclic amines) is 1. The van der Waals surface area contributed by atoms with E-state index >= 15 is 4.39 Å². The van der Waals surface area contributed by atoms with Gasteiger partial charge in [0.2, 0.25) is 11.8 Å². The highest BCUT2D eigenvalue weighted by atomic mass is 35.5. The van der Waals surface area contributed by atoms with E-state index in [4.69, 9.17) is 37.7 Å². The van der Waals surface area contributed by atoms with Gasteiger partial charge in [0.25, 0.3) is 0 Å². The lowest BCUT2D eigenvalue weighted by Gasteiger charge is -2.58. The van der Waals surface area contributed by atoms with E-state index in [0.29, 0.717) is 86.9 Å². The number of amides is 1. The molecule has 0 radical (unpaired) electrons. The van der Waals surface area contributed by atoms with Gasteiger partial charge in [-0.15, -0.1) is 0 Å². The van der Waals surface area contributed by atoms with Gasteiger partial charge in [0, 0.05) is 90.2 Å². The number of ether oxygens (including phenoxy) is 2. The number of hydrogen-bond acceptors (Lipinski definition) is 8. The summed E-state index contributed by atoms with van der Waals surface area (Å²) in [5.74, 6) is 0.596. The molecule has 4 heterocycles. The van der Waals surface area contributed by atoms with Gasteiger partial charge in [-0.05, 0) is 43.5 Å². The largest absolute Gasteiger partial charge is 0.496 e. The summed E-state index contributed by atoms with van der Waals surface area (Å²) in [6.45, 7) is 3.30. The number of benzene rings is 2. The molecule has 7 rings (SSSR count). The molecule has 3 aliphatic rings. The minimum atomic E-state index is -0.392. The van der Waals surface area contributed by atoms with Gasteiger partial charge < -0.3 is 25.2 Å². The molecule has 2 aliphatic heterocycles. The molecule has 12 heteroatoms. The number of carbonyl (C=O) groups is 1. The Morgan fingerprint density at radius 3 is 2.55 bits per heavy atom. The Kier molecular flexibility index (Phi) is 9.51. The van der Waals surface area contributed by atoms with Crippen LogP contribution in [0.4, 0.5) is 4.39 Å². The van der Waals surface area contributed by atoms with Crippen molar-refractivity contribution in [2.75, 3.05) is 33.9 Å². The van der Waals surface area contributed by atoms with E-state index in [2.05, 4.69) is 20.5 Å². The fourth-order valence-electron chi connectivity index (χ4n) is 7.45. The van der Waals surface area contributed by atoms with Crippen LogP contribution in [0.25, 0.3) is 33.6 Å². The first-order chi connectivity index (χ1) is 23.7. The minimum Gasteiger partial charge on any atom is -0.496 e. The number of rotatable bonds is 11. The van der Waals surface area contributed by atoms with Crippen LogP contribution in [0.1, 0.15) is 36.8 Å². The van der Waals surface area contributed by atoms with E-state index in [0.717, 1.165) is 37.9 Å². The minimum absolute atomic E-state index is 0.0877. The zero-order valence-electron chi connectivity index (χ0n) is 27.4. The van der Waals surface area contributed by atoms with Crippen LogP contribution in [0.15, 0.2) is 54.7 Å². The molecule has 1 unspecified atom stereocenters. The summed E-state index contributed by atoms with van der Waals surface area (Å²) in [7, 11) is 3.11.